The Hall–Kier alpha value is -5.36. The normalized spacial score (nSPS) is 17.2. The first-order valence-electron chi connectivity index (χ1n) is 20.1. The molecule has 32 heteroatoms. The maximum absolute atomic E-state index is 14.5. The fourth-order valence-corrected chi connectivity index (χ4v) is 12.1. The zero-order valence-electron chi connectivity index (χ0n) is 36.1. The maximum atomic E-state index is 14.5. The molecule has 0 saturated heterocycles. The molecule has 2 N–H and O–H groups in total. The first kappa shape index (κ1) is 55.4. The van der Waals surface area contributed by atoms with E-state index in [4.69, 9.17) is 46.4 Å². The van der Waals surface area contributed by atoms with E-state index >= 15 is 0 Å². The minimum Gasteiger partial charge on any atom is -0.354 e. The maximum Gasteiger partial charge on any atom is 0.310 e. The highest BCUT2D eigenvalue weighted by Gasteiger charge is 2.68. The van der Waals surface area contributed by atoms with Gasteiger partial charge in [0.1, 0.15) is 19.6 Å². The molecule has 5 heterocycles. The molecule has 8 bridgehead atoms. The molecular weight excluding hydrogens is 1230 g/mol. The molecule has 2 aliphatic heterocycles. The number of aromatic amines is 2. The molecule has 0 unspecified atom stereocenters. The van der Waals surface area contributed by atoms with E-state index in [1.807, 2.05) is 0 Å². The second-order valence-electron chi connectivity index (χ2n) is 17.1. The molecule has 0 radical (unpaired) electrons. The van der Waals surface area contributed by atoms with Gasteiger partial charge in [-0.3, -0.25) is 0 Å². The molecule has 0 amide bonds. The molecule has 4 nitrogen and oxygen atoms in total. The van der Waals surface area contributed by atoms with E-state index in [-0.39, 0.29) is 48.5 Å². The van der Waals surface area contributed by atoms with Crippen molar-refractivity contribution in [3.63, 3.8) is 0 Å². The van der Waals surface area contributed by atoms with Crippen molar-refractivity contribution in [1.29, 1.82) is 0 Å². The standard InChI is InChI=1S/C44H22Cl4F20N4S4/c45-25-9-21(13-29(17-25)73(49,50,51,52)53)41-33-1-2-34(69-33)42(22-10-26(46)18-30(14-22)74(54,55,56,57)58)36-5-6-38(71-36)44(24-12-28(48)20-32(16-24)76(64,65,66,67)68)40-8-7-39(72-40)43(37-4-3-35(41)70-37)23-11-27(47)19-31(15-23)75(59,60,61,62)63/h1-20,69,72H. The Morgan fingerprint density at radius 3 is 0.632 bits per heavy atom. The molecule has 76 heavy (non-hydrogen) atoms. The number of hydrogen-bond acceptors (Lipinski definition) is 2. The lowest BCUT2D eigenvalue weighted by molar-refractivity contribution is 0.360. The van der Waals surface area contributed by atoms with Gasteiger partial charge in [0.25, 0.3) is 0 Å². The average molecular weight is 1260 g/mol. The number of halogens is 24. The molecule has 3 aromatic heterocycles. The van der Waals surface area contributed by atoms with Gasteiger partial charge < -0.3 is 9.97 Å². The van der Waals surface area contributed by atoms with E-state index in [0.29, 0.717) is 24.3 Å². The van der Waals surface area contributed by atoms with E-state index in [2.05, 4.69) is 19.9 Å². The summed E-state index contributed by atoms with van der Waals surface area (Å²) >= 11 is 24.0. The van der Waals surface area contributed by atoms with Crippen LogP contribution in [0.1, 0.15) is 22.8 Å². The van der Waals surface area contributed by atoms with Gasteiger partial charge in [0.05, 0.1) is 22.8 Å². The van der Waals surface area contributed by atoms with E-state index in [9.17, 15) is 77.7 Å². The molecule has 2 aliphatic rings. The minimum atomic E-state index is -10.7. The van der Waals surface area contributed by atoms with Gasteiger partial charge in [-0.15, -0.1) is 0 Å². The summed E-state index contributed by atoms with van der Waals surface area (Å²) < 4.78 is 290. The molecular formula is C44H22Cl4F20N4S4. The Kier molecular flexibility index (Phi) is 10.5. The summed E-state index contributed by atoms with van der Waals surface area (Å²) in [6.45, 7) is 0. The monoisotopic (exact) mass is 1250 g/mol. The molecule has 0 spiro atoms. The summed E-state index contributed by atoms with van der Waals surface area (Å²) in [5, 5.41) is -3.96. The summed E-state index contributed by atoms with van der Waals surface area (Å²) in [5.41, 5.74) is -10.6. The van der Waals surface area contributed by atoms with Crippen molar-refractivity contribution in [2.75, 3.05) is 0 Å². The highest BCUT2D eigenvalue weighted by atomic mass is 35.5. The topological polar surface area (TPSA) is 57.4 Å². The summed E-state index contributed by atoms with van der Waals surface area (Å²) in [6, 6.07) is 5.73. The second-order valence-corrected chi connectivity index (χ2v) is 28.5. The highest BCUT2D eigenvalue weighted by molar-refractivity contribution is 8.46. The minimum absolute atomic E-state index is 0.0850. The number of nitrogens with zero attached hydrogens (tertiary/aromatic N) is 2. The van der Waals surface area contributed by atoms with Crippen molar-refractivity contribution >= 4 is 134 Å². The fourth-order valence-electron chi connectivity index (χ4n) is 8.14. The predicted molar refractivity (Wildman–Crippen MR) is 266 cm³/mol. The molecule has 0 saturated carbocycles. The fraction of sp³-hybridized carbons (Fsp3) is 0. The van der Waals surface area contributed by atoms with Crippen LogP contribution in [0.5, 0.6) is 0 Å². The molecule has 0 atom stereocenters. The third kappa shape index (κ3) is 11.3. The number of fused-ring (bicyclic) bond motifs is 8. The van der Waals surface area contributed by atoms with Crippen LogP contribution in [0.3, 0.4) is 0 Å². The van der Waals surface area contributed by atoms with Crippen LogP contribution in [-0.2, 0) is 0 Å². The molecule has 7 aromatic rings. The lowest BCUT2D eigenvalue weighted by Gasteiger charge is -2.40. The predicted octanol–water partition coefficient (Wildman–Crippen LogP) is 24.6. The van der Waals surface area contributed by atoms with Gasteiger partial charge in [-0.2, -0.15) is 0 Å². The lowest BCUT2D eigenvalue weighted by atomic mass is 10.0. The van der Waals surface area contributed by atoms with Crippen LogP contribution < -0.4 is 0 Å². The average Bonchev–Trinajstić information content (AvgIpc) is 4.05. The van der Waals surface area contributed by atoms with Crippen LogP contribution in [-0.4, -0.2) is 19.9 Å². The number of rotatable bonds is 8. The van der Waals surface area contributed by atoms with Gasteiger partial charge in [0.2, 0.25) is 0 Å². The van der Waals surface area contributed by atoms with E-state index < -0.39 is 170 Å². The number of benzene rings is 4. The summed E-state index contributed by atoms with van der Waals surface area (Å²) in [7, 11) is -42.7. The van der Waals surface area contributed by atoms with Crippen LogP contribution in [0.25, 0.3) is 90.9 Å². The van der Waals surface area contributed by atoms with Crippen LogP contribution in [0.2, 0.25) is 20.1 Å². The summed E-state index contributed by atoms with van der Waals surface area (Å²) in [4.78, 5) is 3.60. The number of hydrogen-bond donors (Lipinski definition) is 2. The second kappa shape index (κ2) is 14.5. The van der Waals surface area contributed by atoms with Gasteiger partial charge in [-0.1, -0.05) is 124 Å². The molecule has 9 rings (SSSR count). The molecule has 410 valence electrons. The van der Waals surface area contributed by atoms with Crippen molar-refractivity contribution in [3.05, 3.63) is 140 Å². The first-order valence-corrected chi connectivity index (χ1v) is 29.4. The Balaban J connectivity index is 1.54. The SMILES string of the molecule is FS(F)(F)(F)(F)c1cc(Cl)cc(-c2c3nc(c(-c4cc(Cl)cc(S(F)(F)(F)(F)F)c4)c4ccc([nH]4)c(-c4cc(Cl)cc(S(F)(F)(F)(F)F)c4)c4nc(c(-c5cc(Cl)cc(S(F)(F)(F)(F)F)c5)c5ccc2[nH]5)C=C4)C=C3)c1. The number of nitrogens with one attached hydrogen (secondary N) is 2. The zero-order chi connectivity index (χ0) is 56.5. The highest BCUT2D eigenvalue weighted by Crippen LogP contribution is 3.04. The molecule has 0 fully saturated rings. The molecule has 0 aliphatic carbocycles. The van der Waals surface area contributed by atoms with Gasteiger partial charge in [0.15, 0.2) is 0 Å². The lowest BCUT2D eigenvalue weighted by Crippen LogP contribution is -2.06. The van der Waals surface area contributed by atoms with E-state index in [0.717, 1.165) is 48.6 Å². The molecule has 4 aromatic carbocycles. The van der Waals surface area contributed by atoms with Gasteiger partial charge in [0, 0.05) is 64.4 Å². The Morgan fingerprint density at radius 1 is 0.276 bits per heavy atom. The number of H-pyrrole nitrogens is 2. The van der Waals surface area contributed by atoms with E-state index in [1.54, 1.807) is 0 Å². The van der Waals surface area contributed by atoms with Crippen molar-refractivity contribution in [2.45, 2.75) is 19.6 Å². The number of aromatic nitrogens is 4. The van der Waals surface area contributed by atoms with Crippen LogP contribution in [0.15, 0.2) is 117 Å². The quantitative estimate of drug-likeness (QED) is 0.149. The van der Waals surface area contributed by atoms with Crippen molar-refractivity contribution in [2.24, 2.45) is 0 Å². The van der Waals surface area contributed by atoms with Crippen LogP contribution in [0, 0.1) is 0 Å². The van der Waals surface area contributed by atoms with Crippen molar-refractivity contribution in [1.82, 2.24) is 19.9 Å². The zero-order valence-corrected chi connectivity index (χ0v) is 42.4. The third-order valence-corrected chi connectivity index (χ3v) is 16.6. The van der Waals surface area contributed by atoms with Gasteiger partial charge in [-0.05, 0) is 144 Å². The summed E-state index contributed by atoms with van der Waals surface area (Å²) in [5.74, 6) is 0. The van der Waals surface area contributed by atoms with Gasteiger partial charge >= 0.3 is 40.9 Å². The Bertz CT molecular complexity index is 3520. The Morgan fingerprint density at radius 2 is 0.461 bits per heavy atom. The van der Waals surface area contributed by atoms with Gasteiger partial charge in [-0.25, -0.2) is 9.97 Å². The first-order chi connectivity index (χ1) is 33.7. The largest absolute Gasteiger partial charge is 0.354 e. The Labute approximate surface area is 432 Å². The summed E-state index contributed by atoms with van der Waals surface area (Å²) in [6.07, 6.45) is 3.67. The third-order valence-electron chi connectivity index (χ3n) is 11.2. The van der Waals surface area contributed by atoms with Crippen molar-refractivity contribution in [3.8, 4) is 44.5 Å². The van der Waals surface area contributed by atoms with E-state index in [1.165, 1.54) is 0 Å². The van der Waals surface area contributed by atoms with Crippen molar-refractivity contribution < 1.29 is 77.7 Å². The van der Waals surface area contributed by atoms with Crippen LogP contribution in [0.4, 0.5) is 77.7 Å². The smallest absolute Gasteiger partial charge is 0.310 e. The van der Waals surface area contributed by atoms with Crippen LogP contribution >= 0.6 is 87.3 Å².